The Morgan fingerprint density at radius 2 is 2.18 bits per heavy atom. The quantitative estimate of drug-likeness (QED) is 0.572. The molecule has 0 atom stereocenters. The molecule has 3 nitrogen and oxygen atoms in total. The van der Waals surface area contributed by atoms with Gasteiger partial charge >= 0.3 is 0 Å². The zero-order valence-electron chi connectivity index (χ0n) is 6.26. The van der Waals surface area contributed by atoms with Crippen LogP contribution in [0.2, 0.25) is 0 Å². The summed E-state index contributed by atoms with van der Waals surface area (Å²) in [5, 5.41) is 3.12. The molecular weight excluding hydrogens is 166 g/mol. The van der Waals surface area contributed by atoms with Crippen LogP contribution >= 0.6 is 12.4 Å². The number of halogens is 1. The van der Waals surface area contributed by atoms with Gasteiger partial charge in [-0.2, -0.15) is 0 Å². The smallest absolute Gasteiger partial charge is 0.138 e. The lowest BCUT2D eigenvalue weighted by atomic mass is 9.88. The molecule has 1 spiro atoms. The van der Waals surface area contributed by atoms with Crippen LogP contribution in [0.5, 0.6) is 0 Å². The van der Waals surface area contributed by atoms with E-state index in [1.807, 2.05) is 0 Å². The first kappa shape index (κ1) is 8.97. The maximum Gasteiger partial charge on any atom is 0.138 e. The molecule has 11 heavy (non-hydrogen) atoms. The first-order chi connectivity index (χ1) is 4.81. The number of hydrogen-bond donors (Lipinski definition) is 1. The molecule has 0 aromatic carbocycles. The molecule has 2 fully saturated rings. The minimum atomic E-state index is -0.0880. The van der Waals surface area contributed by atoms with E-state index in [2.05, 4.69) is 5.32 Å². The van der Waals surface area contributed by atoms with E-state index in [-0.39, 0.29) is 18.0 Å². The minimum absolute atomic E-state index is 0. The molecule has 1 N–H and O–H groups in total. The molecule has 0 aromatic rings. The van der Waals surface area contributed by atoms with Gasteiger partial charge in [0.2, 0.25) is 0 Å². The van der Waals surface area contributed by atoms with Crippen molar-refractivity contribution in [3.05, 3.63) is 0 Å². The summed E-state index contributed by atoms with van der Waals surface area (Å²) < 4.78 is 5.49. The highest BCUT2D eigenvalue weighted by Crippen LogP contribution is 2.25. The van der Waals surface area contributed by atoms with Crippen molar-refractivity contribution in [3.63, 3.8) is 0 Å². The van der Waals surface area contributed by atoms with Gasteiger partial charge in [-0.05, 0) is 0 Å². The summed E-state index contributed by atoms with van der Waals surface area (Å²) in [6.07, 6.45) is 1.24. The Balaban J connectivity index is 0.000000605. The van der Waals surface area contributed by atoms with Gasteiger partial charge in [0.25, 0.3) is 0 Å². The molecule has 2 aliphatic rings. The van der Waals surface area contributed by atoms with Crippen molar-refractivity contribution >= 4 is 18.2 Å². The van der Waals surface area contributed by atoms with Crippen molar-refractivity contribution in [1.29, 1.82) is 0 Å². The highest BCUT2D eigenvalue weighted by Gasteiger charge is 2.42. The first-order valence-corrected chi connectivity index (χ1v) is 3.67. The van der Waals surface area contributed by atoms with E-state index in [9.17, 15) is 4.79 Å². The lowest BCUT2D eigenvalue weighted by Crippen LogP contribution is -2.63. The number of carbonyl (C=O) groups is 1. The third-order valence-electron chi connectivity index (χ3n) is 2.20. The van der Waals surface area contributed by atoms with Crippen LogP contribution < -0.4 is 5.32 Å². The molecule has 2 saturated heterocycles. The number of Topliss-reactive ketones (excluding diaryl/α,β-unsaturated/α-hetero) is 1. The molecule has 4 heteroatoms. The summed E-state index contributed by atoms with van der Waals surface area (Å²) in [4.78, 5) is 11.0. The van der Waals surface area contributed by atoms with Crippen molar-refractivity contribution in [1.82, 2.24) is 5.32 Å². The molecule has 0 amide bonds. The first-order valence-electron chi connectivity index (χ1n) is 3.67. The van der Waals surface area contributed by atoms with Crippen LogP contribution in [0.4, 0.5) is 0 Å². The fourth-order valence-corrected chi connectivity index (χ4v) is 1.51. The number of nitrogens with one attached hydrogen (secondary N) is 1. The number of hydrogen-bond acceptors (Lipinski definition) is 3. The van der Waals surface area contributed by atoms with Crippen LogP contribution in [0.25, 0.3) is 0 Å². The predicted octanol–water partition coefficient (Wildman–Crippen LogP) is 0.130. The molecule has 0 aliphatic carbocycles. The van der Waals surface area contributed by atoms with E-state index in [0.717, 1.165) is 13.1 Å². The Kier molecular flexibility index (Phi) is 2.52. The summed E-state index contributed by atoms with van der Waals surface area (Å²) in [6, 6.07) is 0. The molecule has 2 rings (SSSR count). The molecular formula is C7H12ClNO2. The summed E-state index contributed by atoms with van der Waals surface area (Å²) in [5.74, 6) is 0.354. The Labute approximate surface area is 71.9 Å². The molecule has 2 heterocycles. The van der Waals surface area contributed by atoms with Gasteiger partial charge in [-0.1, -0.05) is 0 Å². The van der Waals surface area contributed by atoms with E-state index in [1.54, 1.807) is 0 Å². The predicted molar refractivity (Wildman–Crippen MR) is 43.0 cm³/mol. The van der Waals surface area contributed by atoms with Gasteiger partial charge in [0.15, 0.2) is 0 Å². The SMILES string of the molecule is Cl.O=C1CCOC2(CNC2)C1. The third-order valence-corrected chi connectivity index (χ3v) is 2.20. The highest BCUT2D eigenvalue weighted by molar-refractivity contribution is 5.85. The van der Waals surface area contributed by atoms with Crippen LogP contribution in [-0.2, 0) is 9.53 Å². The number of ether oxygens (including phenoxy) is 1. The monoisotopic (exact) mass is 177 g/mol. The van der Waals surface area contributed by atoms with Crippen molar-refractivity contribution < 1.29 is 9.53 Å². The van der Waals surface area contributed by atoms with Crippen molar-refractivity contribution in [2.24, 2.45) is 0 Å². The molecule has 0 radical (unpaired) electrons. The van der Waals surface area contributed by atoms with Gasteiger partial charge in [0.1, 0.15) is 5.78 Å². The largest absolute Gasteiger partial charge is 0.371 e. The van der Waals surface area contributed by atoms with E-state index < -0.39 is 0 Å². The Morgan fingerprint density at radius 3 is 2.55 bits per heavy atom. The Morgan fingerprint density at radius 1 is 1.45 bits per heavy atom. The molecule has 2 aliphatic heterocycles. The number of rotatable bonds is 0. The fourth-order valence-electron chi connectivity index (χ4n) is 1.51. The third kappa shape index (κ3) is 1.55. The lowest BCUT2D eigenvalue weighted by molar-refractivity contribution is -0.147. The van der Waals surface area contributed by atoms with Crippen LogP contribution in [0, 0.1) is 0 Å². The minimum Gasteiger partial charge on any atom is -0.371 e. The maximum atomic E-state index is 11.0. The van der Waals surface area contributed by atoms with Gasteiger partial charge in [0, 0.05) is 25.9 Å². The van der Waals surface area contributed by atoms with Crippen molar-refractivity contribution in [2.75, 3.05) is 19.7 Å². The molecule has 64 valence electrons. The summed E-state index contributed by atoms with van der Waals surface area (Å²) >= 11 is 0. The molecule has 0 saturated carbocycles. The van der Waals surface area contributed by atoms with E-state index in [0.29, 0.717) is 25.2 Å². The van der Waals surface area contributed by atoms with E-state index >= 15 is 0 Å². The van der Waals surface area contributed by atoms with Crippen LogP contribution in [0.3, 0.4) is 0 Å². The summed E-state index contributed by atoms with van der Waals surface area (Å²) in [5.41, 5.74) is -0.0880. The van der Waals surface area contributed by atoms with Gasteiger partial charge in [-0.25, -0.2) is 0 Å². The highest BCUT2D eigenvalue weighted by atomic mass is 35.5. The molecule has 0 unspecified atom stereocenters. The standard InChI is InChI=1S/C7H11NO2.ClH/c9-6-1-2-10-7(3-6)4-8-5-7;/h8H,1-5H2;1H. The Bertz CT molecular complexity index is 168. The van der Waals surface area contributed by atoms with Crippen LogP contribution in [0.15, 0.2) is 0 Å². The molecule has 0 aromatic heterocycles. The van der Waals surface area contributed by atoms with E-state index in [4.69, 9.17) is 4.74 Å². The van der Waals surface area contributed by atoms with Gasteiger partial charge in [-0.15, -0.1) is 12.4 Å². The topological polar surface area (TPSA) is 38.3 Å². The lowest BCUT2D eigenvalue weighted by Gasteiger charge is -2.44. The second kappa shape index (κ2) is 3.09. The van der Waals surface area contributed by atoms with Crippen LogP contribution in [-0.4, -0.2) is 31.1 Å². The fraction of sp³-hybridized carbons (Fsp3) is 0.857. The normalized spacial score (nSPS) is 27.5. The summed E-state index contributed by atoms with van der Waals surface area (Å²) in [7, 11) is 0. The van der Waals surface area contributed by atoms with E-state index in [1.165, 1.54) is 0 Å². The number of carbonyl (C=O) groups excluding carboxylic acids is 1. The number of ketones is 1. The average Bonchev–Trinajstić information content (AvgIpc) is 1.85. The van der Waals surface area contributed by atoms with Crippen molar-refractivity contribution in [3.8, 4) is 0 Å². The van der Waals surface area contributed by atoms with Crippen molar-refractivity contribution in [2.45, 2.75) is 18.4 Å². The Hall–Kier alpha value is -0.120. The zero-order valence-corrected chi connectivity index (χ0v) is 7.08. The van der Waals surface area contributed by atoms with Gasteiger partial charge < -0.3 is 10.1 Å². The second-order valence-electron chi connectivity index (χ2n) is 3.10. The zero-order chi connectivity index (χ0) is 7.03. The van der Waals surface area contributed by atoms with Gasteiger partial charge in [-0.3, -0.25) is 4.79 Å². The average molecular weight is 178 g/mol. The second-order valence-corrected chi connectivity index (χ2v) is 3.10. The van der Waals surface area contributed by atoms with Crippen LogP contribution in [0.1, 0.15) is 12.8 Å². The van der Waals surface area contributed by atoms with Gasteiger partial charge in [0.05, 0.1) is 12.2 Å². The maximum absolute atomic E-state index is 11.0. The molecule has 0 bridgehead atoms. The summed E-state index contributed by atoms with van der Waals surface area (Å²) in [6.45, 7) is 2.35.